The average Bonchev–Trinajstić information content (AvgIpc) is 3.27. The number of rotatable bonds is 4. The smallest absolute Gasteiger partial charge is 0.311 e. The summed E-state index contributed by atoms with van der Waals surface area (Å²) in [5, 5.41) is 4.10. The van der Waals surface area contributed by atoms with Crippen LogP contribution in [0.15, 0.2) is 60.0 Å². The highest BCUT2D eigenvalue weighted by atomic mass is 32.2. The van der Waals surface area contributed by atoms with Gasteiger partial charge in [-0.15, -0.1) is 0 Å². The van der Waals surface area contributed by atoms with Gasteiger partial charge in [-0.1, -0.05) is 6.07 Å². The quantitative estimate of drug-likeness (QED) is 0.525. The highest BCUT2D eigenvalue weighted by Crippen LogP contribution is 2.30. The van der Waals surface area contributed by atoms with Crippen molar-refractivity contribution in [2.75, 3.05) is 4.72 Å². The number of anilines is 1. The summed E-state index contributed by atoms with van der Waals surface area (Å²) in [4.78, 5) is 8.96. The summed E-state index contributed by atoms with van der Waals surface area (Å²) in [6.07, 6.45) is 1.64. The van der Waals surface area contributed by atoms with Gasteiger partial charge in [0.25, 0.3) is 0 Å². The van der Waals surface area contributed by atoms with E-state index in [2.05, 4.69) is 19.8 Å². The molecule has 27 heavy (non-hydrogen) atoms. The number of halogens is 3. The fourth-order valence-electron chi connectivity index (χ4n) is 2.60. The maximum Gasteiger partial charge on any atom is 0.416 e. The van der Waals surface area contributed by atoms with Crippen molar-refractivity contribution in [3.8, 4) is 5.82 Å². The number of hydrogen-bond donors (Lipinski definition) is 1. The number of nitrogens with zero attached hydrogens (tertiary/aromatic N) is 5. The molecule has 0 aliphatic rings. The zero-order chi connectivity index (χ0) is 19.0. The van der Waals surface area contributed by atoms with Crippen LogP contribution < -0.4 is 4.72 Å². The van der Waals surface area contributed by atoms with Crippen LogP contribution >= 0.6 is 11.9 Å². The van der Waals surface area contributed by atoms with E-state index in [-0.39, 0.29) is 5.82 Å². The third kappa shape index (κ3) is 3.47. The van der Waals surface area contributed by atoms with Gasteiger partial charge < -0.3 is 4.72 Å². The van der Waals surface area contributed by atoms with Crippen LogP contribution in [0.3, 0.4) is 0 Å². The zero-order valence-corrected chi connectivity index (χ0v) is 14.8. The Kier molecular flexibility index (Phi) is 4.27. The van der Waals surface area contributed by atoms with Crippen molar-refractivity contribution in [1.29, 1.82) is 0 Å². The zero-order valence-electron chi connectivity index (χ0n) is 14.0. The van der Waals surface area contributed by atoms with Crippen molar-refractivity contribution in [2.45, 2.75) is 18.0 Å². The van der Waals surface area contributed by atoms with Crippen LogP contribution in [0.1, 0.15) is 11.4 Å². The number of aryl methyl sites for hydroxylation is 1. The standard InChI is InChI=1S/C17H13F3N6S/c1-11-22-8-13-3-2-4-15(26(11)13)24-27-14-9-23-25(10-14)16-7-12(5-6-21-16)17(18,19)20/h2-10,24H,1H3. The van der Waals surface area contributed by atoms with Crippen LogP contribution in [-0.4, -0.2) is 24.1 Å². The van der Waals surface area contributed by atoms with Crippen molar-refractivity contribution in [1.82, 2.24) is 24.1 Å². The van der Waals surface area contributed by atoms with E-state index in [9.17, 15) is 13.2 Å². The van der Waals surface area contributed by atoms with Crippen molar-refractivity contribution < 1.29 is 13.2 Å². The maximum absolute atomic E-state index is 12.9. The summed E-state index contributed by atoms with van der Waals surface area (Å²) in [6.45, 7) is 1.90. The Morgan fingerprint density at radius 3 is 2.78 bits per heavy atom. The number of hydrogen-bond acceptors (Lipinski definition) is 5. The normalized spacial score (nSPS) is 11.9. The average molecular weight is 390 g/mol. The Hall–Kier alpha value is -3.01. The lowest BCUT2D eigenvalue weighted by Crippen LogP contribution is -2.07. The molecule has 0 atom stereocenters. The second kappa shape index (κ2) is 6.62. The summed E-state index contributed by atoms with van der Waals surface area (Å²) in [7, 11) is 0. The van der Waals surface area contributed by atoms with E-state index in [0.29, 0.717) is 0 Å². The highest BCUT2D eigenvalue weighted by molar-refractivity contribution is 8.00. The van der Waals surface area contributed by atoms with Gasteiger partial charge in [0.1, 0.15) is 11.6 Å². The third-order valence-corrected chi connectivity index (χ3v) is 4.63. The third-order valence-electron chi connectivity index (χ3n) is 3.87. The molecule has 0 aliphatic heterocycles. The lowest BCUT2D eigenvalue weighted by Gasteiger charge is -2.08. The summed E-state index contributed by atoms with van der Waals surface area (Å²) in [6, 6.07) is 7.67. The first-order valence-electron chi connectivity index (χ1n) is 7.86. The molecule has 4 rings (SSSR count). The maximum atomic E-state index is 12.9. The largest absolute Gasteiger partial charge is 0.416 e. The lowest BCUT2D eigenvalue weighted by molar-refractivity contribution is -0.137. The predicted molar refractivity (Wildman–Crippen MR) is 95.8 cm³/mol. The van der Waals surface area contributed by atoms with E-state index < -0.39 is 11.7 Å². The minimum atomic E-state index is -4.43. The molecule has 0 amide bonds. The van der Waals surface area contributed by atoms with Gasteiger partial charge in [0.05, 0.1) is 28.4 Å². The van der Waals surface area contributed by atoms with E-state index >= 15 is 0 Å². The van der Waals surface area contributed by atoms with E-state index in [1.54, 1.807) is 18.6 Å². The second-order valence-electron chi connectivity index (χ2n) is 5.70. The number of nitrogens with one attached hydrogen (secondary N) is 1. The lowest BCUT2D eigenvalue weighted by atomic mass is 10.2. The van der Waals surface area contributed by atoms with Crippen molar-refractivity contribution in [2.24, 2.45) is 0 Å². The minimum Gasteiger partial charge on any atom is -0.311 e. The van der Waals surface area contributed by atoms with Gasteiger partial charge in [-0.05, 0) is 43.1 Å². The Morgan fingerprint density at radius 2 is 1.96 bits per heavy atom. The summed E-state index contributed by atoms with van der Waals surface area (Å²) in [5.74, 6) is 1.78. The van der Waals surface area contributed by atoms with E-state index in [1.165, 1.54) is 16.6 Å². The molecule has 0 saturated heterocycles. The van der Waals surface area contributed by atoms with Crippen LogP contribution in [0.4, 0.5) is 19.0 Å². The molecule has 0 aromatic carbocycles. The Balaban J connectivity index is 1.54. The molecule has 4 aromatic heterocycles. The number of imidazole rings is 1. The molecule has 4 aromatic rings. The van der Waals surface area contributed by atoms with Crippen molar-refractivity contribution in [3.05, 3.63) is 66.5 Å². The van der Waals surface area contributed by atoms with Crippen LogP contribution in [0.5, 0.6) is 0 Å². The Morgan fingerprint density at radius 1 is 1.11 bits per heavy atom. The summed E-state index contributed by atoms with van der Waals surface area (Å²) >= 11 is 1.29. The second-order valence-corrected chi connectivity index (χ2v) is 6.58. The fourth-order valence-corrected chi connectivity index (χ4v) is 3.23. The molecule has 1 N–H and O–H groups in total. The van der Waals surface area contributed by atoms with Gasteiger partial charge in [-0.2, -0.15) is 18.3 Å². The summed E-state index contributed by atoms with van der Waals surface area (Å²) < 4.78 is 45.0. The van der Waals surface area contributed by atoms with Gasteiger partial charge in [0.15, 0.2) is 5.82 Å². The molecule has 0 fully saturated rings. The number of alkyl halides is 3. The van der Waals surface area contributed by atoms with E-state index in [1.807, 2.05) is 29.5 Å². The van der Waals surface area contributed by atoms with Crippen LogP contribution in [0, 0.1) is 6.92 Å². The Labute approximate surface area is 156 Å². The molecule has 0 aliphatic carbocycles. The molecular weight excluding hydrogens is 377 g/mol. The van der Waals surface area contributed by atoms with E-state index in [4.69, 9.17) is 0 Å². The molecule has 0 radical (unpaired) electrons. The molecule has 4 heterocycles. The van der Waals surface area contributed by atoms with Gasteiger partial charge in [-0.25, -0.2) is 14.6 Å². The summed E-state index contributed by atoms with van der Waals surface area (Å²) in [5.41, 5.74) is 0.194. The fraction of sp³-hybridized carbons (Fsp3) is 0.118. The number of pyridine rings is 2. The van der Waals surface area contributed by atoms with Crippen molar-refractivity contribution >= 4 is 23.3 Å². The first kappa shape index (κ1) is 17.4. The molecule has 0 saturated carbocycles. The molecule has 10 heteroatoms. The van der Waals surface area contributed by atoms with Gasteiger partial charge in [-0.3, -0.25) is 4.40 Å². The monoisotopic (exact) mass is 390 g/mol. The van der Waals surface area contributed by atoms with Gasteiger partial charge >= 0.3 is 6.18 Å². The van der Waals surface area contributed by atoms with Crippen molar-refractivity contribution in [3.63, 3.8) is 0 Å². The van der Waals surface area contributed by atoms with Crippen LogP contribution in [-0.2, 0) is 6.18 Å². The van der Waals surface area contributed by atoms with Gasteiger partial charge in [0.2, 0.25) is 0 Å². The number of aromatic nitrogens is 5. The predicted octanol–water partition coefficient (Wildman–Crippen LogP) is 4.36. The molecule has 0 bridgehead atoms. The van der Waals surface area contributed by atoms with Gasteiger partial charge in [0, 0.05) is 12.4 Å². The SMILES string of the molecule is Cc1ncc2cccc(NSc3cnn(-c4cc(C(F)(F)F)ccn4)c3)n12. The van der Waals surface area contributed by atoms with E-state index in [0.717, 1.165) is 40.4 Å². The van der Waals surface area contributed by atoms with Crippen LogP contribution in [0.25, 0.3) is 11.3 Å². The molecule has 0 unspecified atom stereocenters. The topological polar surface area (TPSA) is 60.0 Å². The first-order chi connectivity index (χ1) is 12.9. The Bertz CT molecular complexity index is 1100. The first-order valence-corrected chi connectivity index (χ1v) is 8.68. The highest BCUT2D eigenvalue weighted by Gasteiger charge is 2.30. The number of fused-ring (bicyclic) bond motifs is 1. The van der Waals surface area contributed by atoms with Crippen LogP contribution in [0.2, 0.25) is 0 Å². The minimum absolute atomic E-state index is 0.101. The molecule has 6 nitrogen and oxygen atoms in total. The molecular formula is C17H13F3N6S. The molecule has 138 valence electrons. The molecule has 0 spiro atoms.